The zero-order chi connectivity index (χ0) is 34.3. The van der Waals surface area contributed by atoms with Gasteiger partial charge in [-0.05, 0) is 41.0 Å². The maximum atomic E-state index is 13.5. The minimum atomic E-state index is -1.37. The minimum absolute atomic E-state index is 0.177. The minimum Gasteiger partial charge on any atom is -0.349 e. The van der Waals surface area contributed by atoms with Crippen LogP contribution in [-0.4, -0.2) is 72.4 Å². The molecule has 2 aromatic carbocycles. The molecule has 0 fully saturated rings. The van der Waals surface area contributed by atoms with Gasteiger partial charge in [-0.3, -0.25) is 28.8 Å². The summed E-state index contributed by atoms with van der Waals surface area (Å²) in [5.41, 5.74) is -0.212. The Kier molecular flexibility index (Phi) is 12.4. The van der Waals surface area contributed by atoms with E-state index in [1.54, 1.807) is 27.7 Å². The van der Waals surface area contributed by atoms with Gasteiger partial charge in [0.05, 0.1) is 18.5 Å². The number of nitrogens with one attached hydrogen (secondary N) is 4. The van der Waals surface area contributed by atoms with E-state index in [9.17, 15) is 28.8 Å². The number of benzene rings is 2. The topological polar surface area (TPSA) is 154 Å². The van der Waals surface area contributed by atoms with Crippen LogP contribution in [0.2, 0.25) is 0 Å². The second-order valence-electron chi connectivity index (χ2n) is 14.0. The number of ketones is 1. The molecular weight excluding hydrogens is 574 g/mol. The number of amides is 5. The van der Waals surface area contributed by atoms with Gasteiger partial charge in [0.1, 0.15) is 12.1 Å². The van der Waals surface area contributed by atoms with Crippen molar-refractivity contribution >= 4 is 46.1 Å². The quantitative estimate of drug-likeness (QED) is 0.267. The number of carbonyl (C=O) groups excluding carboxylic acids is 6. The van der Waals surface area contributed by atoms with Crippen molar-refractivity contribution in [2.45, 2.75) is 92.4 Å². The van der Waals surface area contributed by atoms with Gasteiger partial charge in [0.2, 0.25) is 29.4 Å². The Bertz CT molecular complexity index is 1420. The summed E-state index contributed by atoms with van der Waals surface area (Å²) in [5.74, 6) is -4.02. The molecule has 0 bridgehead atoms. The van der Waals surface area contributed by atoms with Crippen LogP contribution in [0, 0.1) is 10.8 Å². The van der Waals surface area contributed by atoms with Gasteiger partial charge in [-0.25, -0.2) is 0 Å². The number of carbonyl (C=O) groups is 6. The second-order valence-corrected chi connectivity index (χ2v) is 14.0. The number of nitrogens with zero attached hydrogens (tertiary/aromatic N) is 1. The van der Waals surface area contributed by atoms with E-state index < -0.39 is 65.4 Å². The van der Waals surface area contributed by atoms with E-state index >= 15 is 0 Å². The fourth-order valence-electron chi connectivity index (χ4n) is 4.74. The van der Waals surface area contributed by atoms with Gasteiger partial charge in [0, 0.05) is 20.5 Å². The Hall–Kier alpha value is -4.28. The molecule has 0 saturated carbocycles. The van der Waals surface area contributed by atoms with Crippen molar-refractivity contribution in [3.63, 3.8) is 0 Å². The highest BCUT2D eigenvalue weighted by molar-refractivity contribution is 6.38. The lowest BCUT2D eigenvalue weighted by molar-refractivity contribution is -0.141. The largest absolute Gasteiger partial charge is 0.349 e. The number of fused-ring (bicyclic) bond motifs is 1. The van der Waals surface area contributed by atoms with Crippen LogP contribution < -0.4 is 21.3 Å². The van der Waals surface area contributed by atoms with Gasteiger partial charge in [-0.1, -0.05) is 84.0 Å². The average Bonchev–Trinajstić information content (AvgIpc) is 2.92. The molecule has 0 aliphatic rings. The van der Waals surface area contributed by atoms with Crippen LogP contribution in [0.3, 0.4) is 0 Å². The molecule has 11 nitrogen and oxygen atoms in total. The van der Waals surface area contributed by atoms with Gasteiger partial charge in [0.25, 0.3) is 5.91 Å². The first-order chi connectivity index (χ1) is 20.7. The Balaban J connectivity index is 2.18. The molecule has 2 rings (SSSR count). The number of rotatable bonds is 12. The summed E-state index contributed by atoms with van der Waals surface area (Å²) >= 11 is 0. The van der Waals surface area contributed by atoms with Crippen molar-refractivity contribution in [3.8, 4) is 0 Å². The van der Waals surface area contributed by atoms with Gasteiger partial charge >= 0.3 is 0 Å². The molecule has 0 saturated heterocycles. The molecule has 0 aromatic heterocycles. The van der Waals surface area contributed by atoms with Crippen LogP contribution in [0.1, 0.15) is 79.8 Å². The van der Waals surface area contributed by atoms with Crippen molar-refractivity contribution in [1.29, 1.82) is 0 Å². The first-order valence-electron chi connectivity index (χ1n) is 15.1. The lowest BCUT2D eigenvalue weighted by Crippen LogP contribution is -2.59. The molecule has 246 valence electrons. The Morgan fingerprint density at radius 3 is 1.93 bits per heavy atom. The molecule has 0 aliphatic carbocycles. The van der Waals surface area contributed by atoms with Crippen LogP contribution in [0.5, 0.6) is 0 Å². The summed E-state index contributed by atoms with van der Waals surface area (Å²) in [6.45, 7) is 14.1. The molecule has 2 aromatic rings. The molecule has 5 amide bonds. The number of Topliss-reactive ketones (excluding diaryl/α,β-unsaturated/α-hetero) is 1. The first kappa shape index (κ1) is 36.9. The molecule has 4 N–H and O–H groups in total. The summed E-state index contributed by atoms with van der Waals surface area (Å²) in [6, 6.07) is 9.25. The van der Waals surface area contributed by atoms with Crippen molar-refractivity contribution in [3.05, 3.63) is 48.0 Å². The maximum absolute atomic E-state index is 13.5. The summed E-state index contributed by atoms with van der Waals surface area (Å²) in [4.78, 5) is 79.4. The zero-order valence-corrected chi connectivity index (χ0v) is 28.2. The average molecular weight is 624 g/mol. The van der Waals surface area contributed by atoms with Crippen LogP contribution in [0.4, 0.5) is 0 Å². The fourth-order valence-corrected chi connectivity index (χ4v) is 4.74. The molecular formula is C34H49N5O6. The van der Waals surface area contributed by atoms with E-state index in [2.05, 4.69) is 21.3 Å². The smallest absolute Gasteiger partial charge is 0.290 e. The highest BCUT2D eigenvalue weighted by Gasteiger charge is 2.37. The van der Waals surface area contributed by atoms with Gasteiger partial charge < -0.3 is 26.2 Å². The first-order valence-corrected chi connectivity index (χ1v) is 15.1. The van der Waals surface area contributed by atoms with E-state index in [-0.39, 0.29) is 17.7 Å². The molecule has 11 heteroatoms. The van der Waals surface area contributed by atoms with Crippen molar-refractivity contribution in [2.24, 2.45) is 10.8 Å². The molecule has 0 heterocycles. The highest BCUT2D eigenvalue weighted by Crippen LogP contribution is 2.25. The summed E-state index contributed by atoms with van der Waals surface area (Å²) < 4.78 is 0. The van der Waals surface area contributed by atoms with E-state index in [1.807, 2.05) is 63.2 Å². The number of hydrogen-bond donors (Lipinski definition) is 4. The van der Waals surface area contributed by atoms with Crippen LogP contribution in [0.15, 0.2) is 42.5 Å². The monoisotopic (exact) mass is 623 g/mol. The van der Waals surface area contributed by atoms with Gasteiger partial charge in [-0.15, -0.1) is 0 Å². The summed E-state index contributed by atoms with van der Waals surface area (Å²) in [7, 11) is 3.02. The van der Waals surface area contributed by atoms with Crippen LogP contribution in [-0.2, 0) is 28.8 Å². The number of hydrogen-bond acceptors (Lipinski definition) is 6. The highest BCUT2D eigenvalue weighted by atomic mass is 16.2. The van der Waals surface area contributed by atoms with E-state index in [0.29, 0.717) is 0 Å². The predicted molar refractivity (Wildman–Crippen MR) is 174 cm³/mol. The Morgan fingerprint density at radius 2 is 1.36 bits per heavy atom. The van der Waals surface area contributed by atoms with Crippen LogP contribution in [0.25, 0.3) is 10.8 Å². The fraction of sp³-hybridized carbons (Fsp3) is 0.529. The SMILES string of the molecule is CC(NC(=O)[C@H](CC(=O)N(C)C)NC(=O)C(NC(=O)CC(C)(C)C)C(C)(C)C)C(=O)C(=O)N[C@H](C)c1cccc2ccccc12. The third-order valence-corrected chi connectivity index (χ3v) is 7.25. The molecule has 0 radical (unpaired) electrons. The Morgan fingerprint density at radius 1 is 0.756 bits per heavy atom. The van der Waals surface area contributed by atoms with E-state index in [0.717, 1.165) is 16.3 Å². The van der Waals surface area contributed by atoms with Crippen molar-refractivity contribution < 1.29 is 28.8 Å². The molecule has 45 heavy (non-hydrogen) atoms. The van der Waals surface area contributed by atoms with Crippen LogP contribution >= 0.6 is 0 Å². The van der Waals surface area contributed by atoms with Crippen molar-refractivity contribution in [1.82, 2.24) is 26.2 Å². The lowest BCUT2D eigenvalue weighted by Gasteiger charge is -2.33. The standard InChI is InChI=1S/C34H49N5O6/c1-20(23-17-13-15-22-14-11-12-16-24(22)23)35-31(44)28(42)21(2)36-30(43)25(18-27(41)39(9)10)37-32(45)29(34(6,7)8)38-26(40)19-33(3,4)5/h11-17,20-21,25,29H,18-19H2,1-10H3,(H,35,44)(H,36,43)(H,37,45)(H,38,40)/t20-,21?,25+,29?/m1/s1. The molecule has 0 spiro atoms. The van der Waals surface area contributed by atoms with Gasteiger partial charge in [0.15, 0.2) is 0 Å². The zero-order valence-electron chi connectivity index (χ0n) is 28.2. The molecule has 4 atom stereocenters. The summed E-state index contributed by atoms with van der Waals surface area (Å²) in [6.07, 6.45) is -0.223. The molecule has 2 unspecified atom stereocenters. The predicted octanol–water partition coefficient (Wildman–Crippen LogP) is 3.02. The molecule has 0 aliphatic heterocycles. The second kappa shape index (κ2) is 15.1. The normalized spacial score (nSPS) is 14.4. The third kappa shape index (κ3) is 11.0. The lowest BCUT2D eigenvalue weighted by atomic mass is 9.85. The Labute approximate surface area is 266 Å². The third-order valence-electron chi connectivity index (χ3n) is 7.25. The van der Waals surface area contributed by atoms with Gasteiger partial charge in [-0.2, -0.15) is 0 Å². The van der Waals surface area contributed by atoms with Crippen molar-refractivity contribution in [2.75, 3.05) is 14.1 Å². The van der Waals surface area contributed by atoms with E-state index in [1.165, 1.54) is 25.9 Å². The maximum Gasteiger partial charge on any atom is 0.290 e. The summed E-state index contributed by atoms with van der Waals surface area (Å²) in [5, 5.41) is 12.5. The van der Waals surface area contributed by atoms with E-state index in [4.69, 9.17) is 0 Å².